The Morgan fingerprint density at radius 2 is 1.40 bits per heavy atom. The minimum atomic E-state index is -1.85. The molecule has 2 aliphatic heterocycles. The van der Waals surface area contributed by atoms with Crippen molar-refractivity contribution < 1.29 is 69.0 Å². The molecule has 0 unspecified atom stereocenters. The largest absolute Gasteiger partial charge is 0.507 e. The van der Waals surface area contributed by atoms with Crippen LogP contribution in [0.25, 0.3) is 22.3 Å². The Bertz CT molecular complexity index is 1460. The van der Waals surface area contributed by atoms with Crippen molar-refractivity contribution in [3.05, 3.63) is 52.7 Å². The maximum absolute atomic E-state index is 12.9. The summed E-state index contributed by atoms with van der Waals surface area (Å²) in [6.45, 7) is -1.49. The first-order valence-corrected chi connectivity index (χ1v) is 13.3. The van der Waals surface area contributed by atoms with Crippen LogP contribution >= 0.6 is 0 Å². The maximum Gasteiger partial charge on any atom is 0.229 e. The molecule has 0 saturated carbocycles. The van der Waals surface area contributed by atoms with Gasteiger partial charge in [0.05, 0.1) is 20.3 Å². The molecule has 2 fully saturated rings. The second-order valence-corrected chi connectivity index (χ2v) is 10.1. The zero-order chi connectivity index (χ0) is 31.0. The predicted octanol–water partition coefficient (Wildman–Crippen LogP) is -1.82. The van der Waals surface area contributed by atoms with Gasteiger partial charge in [-0.15, -0.1) is 0 Å². The third-order valence-electron chi connectivity index (χ3n) is 7.37. The van der Waals surface area contributed by atoms with Gasteiger partial charge in [-0.05, 0) is 24.3 Å². The number of methoxy groups -OCH3 is 1. The van der Waals surface area contributed by atoms with Gasteiger partial charge in [-0.1, -0.05) is 0 Å². The minimum absolute atomic E-state index is 0.0742. The summed E-state index contributed by atoms with van der Waals surface area (Å²) < 4.78 is 33.5. The summed E-state index contributed by atoms with van der Waals surface area (Å²) in [5.41, 5.74) is -0.0836. The molecule has 10 atom stereocenters. The SMILES string of the molecule is COc1ccc(-c2cc(=O)c3c(O)cc(O[C@@H]4O[C@H](CO)[C@@H](O)[C@H](O)[C@H]4O[C@@H]4O[C@H](CO)[C@@H](O)[C@H](O)[C@H]4O)cc3o2)cc1. The van der Waals surface area contributed by atoms with Gasteiger partial charge in [-0.25, -0.2) is 0 Å². The number of rotatable bonds is 8. The van der Waals surface area contributed by atoms with Crippen LogP contribution in [0.15, 0.2) is 51.7 Å². The van der Waals surface area contributed by atoms with Gasteiger partial charge in [0, 0.05) is 23.8 Å². The number of aromatic hydroxyl groups is 1. The first-order valence-electron chi connectivity index (χ1n) is 13.3. The molecule has 0 spiro atoms. The summed E-state index contributed by atoms with van der Waals surface area (Å²) in [6, 6.07) is 10.2. The molecule has 1 aromatic heterocycles. The summed E-state index contributed by atoms with van der Waals surface area (Å²) in [4.78, 5) is 12.9. The van der Waals surface area contributed by atoms with E-state index in [1.165, 1.54) is 19.2 Å². The van der Waals surface area contributed by atoms with Gasteiger partial charge < -0.3 is 69.0 Å². The van der Waals surface area contributed by atoms with Crippen molar-refractivity contribution in [1.29, 1.82) is 0 Å². The smallest absolute Gasteiger partial charge is 0.229 e. The van der Waals surface area contributed by atoms with Gasteiger partial charge >= 0.3 is 0 Å². The highest BCUT2D eigenvalue weighted by Crippen LogP contribution is 2.35. The molecule has 2 saturated heterocycles. The van der Waals surface area contributed by atoms with E-state index in [9.17, 15) is 45.6 Å². The average Bonchev–Trinajstić information content (AvgIpc) is 3.00. The van der Waals surface area contributed by atoms with Gasteiger partial charge in [-0.2, -0.15) is 0 Å². The molecule has 2 aliphatic rings. The van der Waals surface area contributed by atoms with Gasteiger partial charge in [0.25, 0.3) is 0 Å². The normalized spacial score (nSPS) is 32.9. The Kier molecular flexibility index (Phi) is 9.19. The molecule has 0 radical (unpaired) electrons. The molecule has 0 amide bonds. The second kappa shape index (κ2) is 12.7. The molecule has 3 aromatic rings. The van der Waals surface area contributed by atoms with E-state index in [0.717, 1.165) is 6.07 Å². The molecule has 2 aromatic carbocycles. The molecule has 43 heavy (non-hydrogen) atoms. The Morgan fingerprint density at radius 1 is 0.767 bits per heavy atom. The van der Waals surface area contributed by atoms with Crippen LogP contribution in [0.5, 0.6) is 17.2 Å². The van der Waals surface area contributed by atoms with Crippen molar-refractivity contribution in [1.82, 2.24) is 0 Å². The number of fused-ring (bicyclic) bond motifs is 1. The first kappa shape index (κ1) is 31.1. The highest BCUT2D eigenvalue weighted by atomic mass is 16.8. The van der Waals surface area contributed by atoms with E-state index < -0.39 is 85.8 Å². The lowest BCUT2D eigenvalue weighted by Gasteiger charge is -2.45. The van der Waals surface area contributed by atoms with Gasteiger partial charge in [0.1, 0.15) is 76.7 Å². The second-order valence-electron chi connectivity index (χ2n) is 10.1. The minimum Gasteiger partial charge on any atom is -0.507 e. The van der Waals surface area contributed by atoms with E-state index in [2.05, 4.69) is 0 Å². The monoisotopic (exact) mass is 608 g/mol. The first-order chi connectivity index (χ1) is 20.6. The summed E-state index contributed by atoms with van der Waals surface area (Å²) in [5, 5.41) is 81.6. The summed E-state index contributed by atoms with van der Waals surface area (Å²) in [6.07, 6.45) is -16.6. The molecule has 3 heterocycles. The van der Waals surface area contributed by atoms with Crippen LogP contribution in [0.4, 0.5) is 0 Å². The quantitative estimate of drug-likeness (QED) is 0.140. The molecular weight excluding hydrogens is 576 g/mol. The van der Waals surface area contributed by atoms with Crippen molar-refractivity contribution in [2.24, 2.45) is 0 Å². The number of aliphatic hydroxyl groups is 7. The van der Waals surface area contributed by atoms with Crippen LogP contribution in [0, 0.1) is 0 Å². The molecule has 8 N–H and O–H groups in total. The lowest BCUT2D eigenvalue weighted by molar-refractivity contribution is -0.357. The molecule has 0 bridgehead atoms. The van der Waals surface area contributed by atoms with Crippen molar-refractivity contribution in [2.75, 3.05) is 20.3 Å². The fraction of sp³-hybridized carbons (Fsp3) is 0.464. The number of phenols is 1. The average molecular weight is 609 g/mol. The van der Waals surface area contributed by atoms with Gasteiger partial charge in [-0.3, -0.25) is 4.79 Å². The lowest BCUT2D eigenvalue weighted by atomic mass is 9.97. The Morgan fingerprint density at radius 3 is 2.02 bits per heavy atom. The topological polar surface area (TPSA) is 238 Å². The van der Waals surface area contributed by atoms with E-state index in [1.54, 1.807) is 24.3 Å². The van der Waals surface area contributed by atoms with E-state index in [4.69, 9.17) is 28.1 Å². The third-order valence-corrected chi connectivity index (χ3v) is 7.37. The Labute approximate surface area is 243 Å². The highest BCUT2D eigenvalue weighted by Gasteiger charge is 2.51. The van der Waals surface area contributed by atoms with Crippen LogP contribution < -0.4 is 14.9 Å². The lowest BCUT2D eigenvalue weighted by Crippen LogP contribution is -2.65. The Hall–Kier alpha value is -3.35. The van der Waals surface area contributed by atoms with Crippen molar-refractivity contribution in [3.8, 4) is 28.6 Å². The molecule has 15 nitrogen and oxygen atoms in total. The standard InChI is InChI=1S/C28H32O15/c1-38-12-4-2-11(3-5-12)16-8-15(32)20-14(31)6-13(7-17(20)40-16)39-28-26(24(36)22(34)19(10-30)42-28)43-27-25(37)23(35)21(33)18(9-29)41-27/h2-8,18-19,21-31,33-37H,9-10H2,1H3/t18-,19-,21-,22-,23+,24+,25-,26-,27+,28-/m1/s1. The fourth-order valence-corrected chi connectivity index (χ4v) is 4.97. The van der Waals surface area contributed by atoms with Gasteiger partial charge in [0.15, 0.2) is 17.8 Å². The van der Waals surface area contributed by atoms with Crippen LogP contribution in [0.1, 0.15) is 0 Å². The van der Waals surface area contributed by atoms with E-state index in [-0.39, 0.29) is 22.5 Å². The summed E-state index contributed by atoms with van der Waals surface area (Å²) in [5.74, 6) is 0.103. The zero-order valence-electron chi connectivity index (χ0n) is 22.7. The van der Waals surface area contributed by atoms with E-state index >= 15 is 0 Å². The van der Waals surface area contributed by atoms with Crippen LogP contribution in [-0.4, -0.2) is 123 Å². The van der Waals surface area contributed by atoms with Crippen LogP contribution in [0.2, 0.25) is 0 Å². The van der Waals surface area contributed by atoms with Crippen molar-refractivity contribution >= 4 is 11.0 Å². The molecule has 0 aliphatic carbocycles. The molecule has 234 valence electrons. The Balaban J connectivity index is 1.47. The number of benzene rings is 2. The van der Waals surface area contributed by atoms with Gasteiger partial charge in [0.2, 0.25) is 6.29 Å². The highest BCUT2D eigenvalue weighted by molar-refractivity contribution is 5.86. The van der Waals surface area contributed by atoms with E-state index in [0.29, 0.717) is 11.3 Å². The molecule has 5 rings (SSSR count). The summed E-state index contributed by atoms with van der Waals surface area (Å²) >= 11 is 0. The number of phenolic OH excluding ortho intramolecular Hbond substituents is 1. The summed E-state index contributed by atoms with van der Waals surface area (Å²) in [7, 11) is 1.51. The predicted molar refractivity (Wildman–Crippen MR) is 143 cm³/mol. The number of aliphatic hydroxyl groups excluding tert-OH is 7. The molecular formula is C28H32O15. The van der Waals surface area contributed by atoms with Crippen LogP contribution in [-0.2, 0) is 14.2 Å². The third kappa shape index (κ3) is 6.05. The van der Waals surface area contributed by atoms with Crippen molar-refractivity contribution in [2.45, 2.75) is 61.4 Å². The maximum atomic E-state index is 12.9. The molecule has 15 heteroatoms. The van der Waals surface area contributed by atoms with Crippen molar-refractivity contribution in [3.63, 3.8) is 0 Å². The fourth-order valence-electron chi connectivity index (χ4n) is 4.97. The number of hydrogen-bond acceptors (Lipinski definition) is 15. The number of ether oxygens (including phenoxy) is 5. The van der Waals surface area contributed by atoms with Crippen LogP contribution in [0.3, 0.4) is 0 Å². The van der Waals surface area contributed by atoms with E-state index in [1.807, 2.05) is 0 Å². The zero-order valence-corrected chi connectivity index (χ0v) is 22.7. The number of hydrogen-bond donors (Lipinski definition) is 8.